The highest BCUT2D eigenvalue weighted by molar-refractivity contribution is 7.91. The van der Waals surface area contributed by atoms with Crippen LogP contribution in [0.25, 0.3) is 0 Å². The number of β-amino-alcohol motifs (C(OH)–C–C–N with tert-alkyl or cyclic N) is 1. The van der Waals surface area contributed by atoms with Crippen LogP contribution in [0.5, 0.6) is 0 Å². The maximum absolute atomic E-state index is 12.1. The maximum atomic E-state index is 12.1. The zero-order chi connectivity index (χ0) is 14.8. The van der Waals surface area contributed by atoms with E-state index in [9.17, 15) is 18.3 Å². The van der Waals surface area contributed by atoms with Gasteiger partial charge in [0.2, 0.25) is 5.91 Å². The molecule has 0 unspecified atom stereocenters. The molecule has 0 radical (unpaired) electrons. The third kappa shape index (κ3) is 3.58. The van der Waals surface area contributed by atoms with Gasteiger partial charge in [0.1, 0.15) is 0 Å². The fourth-order valence-electron chi connectivity index (χ4n) is 2.30. The summed E-state index contributed by atoms with van der Waals surface area (Å²) in [4.78, 5) is 13.2. The summed E-state index contributed by atoms with van der Waals surface area (Å²) in [5, 5.41) is 9.91. The molecule has 1 aromatic rings. The summed E-state index contributed by atoms with van der Waals surface area (Å²) >= 11 is 0. The van der Waals surface area contributed by atoms with Gasteiger partial charge in [-0.05, 0) is 25.5 Å². The lowest BCUT2D eigenvalue weighted by Crippen LogP contribution is -2.36. The van der Waals surface area contributed by atoms with Gasteiger partial charge in [0, 0.05) is 19.5 Å². The molecular weight excluding hydrogens is 278 g/mol. The van der Waals surface area contributed by atoms with Crippen molar-refractivity contribution in [2.75, 3.05) is 18.8 Å². The molecule has 20 heavy (non-hydrogen) atoms. The monoisotopic (exact) mass is 297 g/mol. The van der Waals surface area contributed by atoms with Crippen molar-refractivity contribution in [3.63, 3.8) is 0 Å². The Morgan fingerprint density at radius 3 is 2.50 bits per heavy atom. The van der Waals surface area contributed by atoms with Gasteiger partial charge in [-0.25, -0.2) is 8.42 Å². The fourth-order valence-corrected chi connectivity index (χ4v) is 3.65. The summed E-state index contributed by atoms with van der Waals surface area (Å²) < 4.78 is 24.3. The number of aryl methyl sites for hydroxylation is 1. The average Bonchev–Trinajstić information content (AvgIpc) is 2.74. The number of benzene rings is 1. The molecule has 0 saturated carbocycles. The van der Waals surface area contributed by atoms with Crippen molar-refractivity contribution in [3.8, 4) is 0 Å². The topological polar surface area (TPSA) is 74.7 Å². The van der Waals surface area contributed by atoms with Crippen LogP contribution in [0.2, 0.25) is 0 Å². The van der Waals surface area contributed by atoms with Gasteiger partial charge < -0.3 is 10.0 Å². The van der Waals surface area contributed by atoms with Crippen molar-refractivity contribution in [2.45, 2.75) is 30.8 Å². The lowest BCUT2D eigenvalue weighted by molar-refractivity contribution is -0.128. The summed E-state index contributed by atoms with van der Waals surface area (Å²) in [5.41, 5.74) is 0.979. The van der Waals surface area contributed by atoms with Crippen molar-refractivity contribution in [1.82, 2.24) is 4.90 Å². The number of sulfone groups is 1. The second-order valence-corrected chi connectivity index (χ2v) is 7.23. The van der Waals surface area contributed by atoms with Crippen LogP contribution in [0.1, 0.15) is 18.4 Å². The van der Waals surface area contributed by atoms with Crippen LogP contribution in [-0.4, -0.2) is 49.3 Å². The molecule has 0 spiro atoms. The zero-order valence-electron chi connectivity index (χ0n) is 11.4. The van der Waals surface area contributed by atoms with Crippen molar-refractivity contribution in [3.05, 3.63) is 29.8 Å². The number of likely N-dealkylation sites (tertiary alicyclic amines) is 1. The Bertz CT molecular complexity index is 580. The van der Waals surface area contributed by atoms with Gasteiger partial charge in [-0.3, -0.25) is 4.79 Å². The molecule has 0 bridgehead atoms. The lowest BCUT2D eigenvalue weighted by Gasteiger charge is -2.19. The molecule has 6 heteroatoms. The van der Waals surface area contributed by atoms with E-state index in [0.29, 0.717) is 13.0 Å². The minimum atomic E-state index is -3.52. The third-order valence-corrected chi connectivity index (χ3v) is 5.21. The minimum Gasteiger partial charge on any atom is -0.390 e. The molecule has 2 rings (SSSR count). The Kier molecular flexibility index (Phi) is 4.45. The Balaban J connectivity index is 2.00. The number of carbonyl (C=O) groups excluding carboxylic acids is 1. The van der Waals surface area contributed by atoms with Gasteiger partial charge in [0.25, 0.3) is 0 Å². The van der Waals surface area contributed by atoms with Crippen LogP contribution >= 0.6 is 0 Å². The molecule has 110 valence electrons. The number of amides is 1. The van der Waals surface area contributed by atoms with E-state index in [2.05, 4.69) is 0 Å². The number of aliphatic hydroxyl groups excluding tert-OH is 1. The van der Waals surface area contributed by atoms with Crippen molar-refractivity contribution < 1.29 is 18.3 Å². The molecule has 1 aliphatic rings. The fraction of sp³-hybridized carbons (Fsp3) is 0.500. The Morgan fingerprint density at radius 1 is 1.30 bits per heavy atom. The summed E-state index contributed by atoms with van der Waals surface area (Å²) in [6.45, 7) is 2.56. The molecule has 1 N–H and O–H groups in total. The number of carbonyl (C=O) groups is 1. The normalized spacial score (nSPS) is 17.5. The van der Waals surface area contributed by atoms with E-state index in [0.717, 1.165) is 12.0 Å². The molecule has 1 aliphatic heterocycles. The van der Waals surface area contributed by atoms with E-state index in [1.165, 1.54) is 4.90 Å². The van der Waals surface area contributed by atoms with Gasteiger partial charge in [-0.2, -0.15) is 0 Å². The Morgan fingerprint density at radius 2 is 1.95 bits per heavy atom. The summed E-state index contributed by atoms with van der Waals surface area (Å²) in [7, 11) is -3.52. The first kappa shape index (κ1) is 15.0. The van der Waals surface area contributed by atoms with Gasteiger partial charge in [0.15, 0.2) is 9.84 Å². The van der Waals surface area contributed by atoms with Crippen molar-refractivity contribution >= 4 is 15.7 Å². The van der Waals surface area contributed by atoms with E-state index >= 15 is 0 Å². The van der Waals surface area contributed by atoms with Gasteiger partial charge in [-0.1, -0.05) is 17.7 Å². The number of rotatable bonds is 5. The molecular formula is C14H19NO4S. The largest absolute Gasteiger partial charge is 0.390 e. The highest BCUT2D eigenvalue weighted by atomic mass is 32.2. The molecule has 1 aromatic carbocycles. The van der Waals surface area contributed by atoms with E-state index in [-0.39, 0.29) is 23.1 Å². The molecule has 1 atom stereocenters. The van der Waals surface area contributed by atoms with Crippen molar-refractivity contribution in [1.29, 1.82) is 0 Å². The first-order chi connectivity index (χ1) is 9.38. The van der Waals surface area contributed by atoms with E-state index < -0.39 is 15.9 Å². The molecule has 0 aliphatic carbocycles. The van der Waals surface area contributed by atoms with Crippen molar-refractivity contribution in [2.24, 2.45) is 0 Å². The third-order valence-electron chi connectivity index (χ3n) is 3.39. The van der Waals surface area contributed by atoms with Crippen LogP contribution in [0.15, 0.2) is 29.2 Å². The van der Waals surface area contributed by atoms with E-state index in [1.54, 1.807) is 24.3 Å². The minimum absolute atomic E-state index is 0.0169. The second kappa shape index (κ2) is 5.93. The zero-order valence-corrected chi connectivity index (χ0v) is 12.3. The molecule has 1 fully saturated rings. The Hall–Kier alpha value is -1.40. The highest BCUT2D eigenvalue weighted by Crippen LogP contribution is 2.15. The lowest BCUT2D eigenvalue weighted by atomic mass is 10.2. The SMILES string of the molecule is Cc1ccc(S(=O)(=O)C[C@H](O)CN2CCCC2=O)cc1. The maximum Gasteiger partial charge on any atom is 0.222 e. The van der Waals surface area contributed by atoms with Gasteiger partial charge >= 0.3 is 0 Å². The summed E-state index contributed by atoms with van der Waals surface area (Å²) in [6.07, 6.45) is 0.205. The molecule has 5 nitrogen and oxygen atoms in total. The number of aliphatic hydroxyl groups is 1. The summed E-state index contributed by atoms with van der Waals surface area (Å²) in [5.74, 6) is -0.378. The second-order valence-electron chi connectivity index (χ2n) is 5.19. The summed E-state index contributed by atoms with van der Waals surface area (Å²) in [6, 6.07) is 6.53. The molecule has 1 heterocycles. The number of hydrogen-bond donors (Lipinski definition) is 1. The van der Waals surface area contributed by atoms with Crippen LogP contribution in [0.3, 0.4) is 0 Å². The molecule has 0 aromatic heterocycles. The average molecular weight is 297 g/mol. The van der Waals surface area contributed by atoms with Gasteiger partial charge in [0.05, 0.1) is 16.8 Å². The molecule has 1 amide bonds. The highest BCUT2D eigenvalue weighted by Gasteiger charge is 2.26. The van der Waals surface area contributed by atoms with Crippen LogP contribution in [0, 0.1) is 6.92 Å². The quantitative estimate of drug-likeness (QED) is 0.870. The smallest absolute Gasteiger partial charge is 0.222 e. The van der Waals surface area contributed by atoms with Crippen LogP contribution < -0.4 is 0 Å². The predicted molar refractivity (Wildman–Crippen MR) is 75.1 cm³/mol. The molecule has 1 saturated heterocycles. The Labute approximate surface area is 119 Å². The van der Waals surface area contributed by atoms with Crippen LogP contribution in [-0.2, 0) is 14.6 Å². The van der Waals surface area contributed by atoms with E-state index in [1.807, 2.05) is 6.92 Å². The first-order valence-corrected chi connectivity index (χ1v) is 8.29. The number of nitrogens with zero attached hydrogens (tertiary/aromatic N) is 1. The van der Waals surface area contributed by atoms with E-state index in [4.69, 9.17) is 0 Å². The number of hydrogen-bond acceptors (Lipinski definition) is 4. The predicted octanol–water partition coefficient (Wildman–Crippen LogP) is 0.752. The first-order valence-electron chi connectivity index (χ1n) is 6.64. The van der Waals surface area contributed by atoms with Crippen LogP contribution in [0.4, 0.5) is 0 Å². The van der Waals surface area contributed by atoms with Gasteiger partial charge in [-0.15, -0.1) is 0 Å². The standard InChI is InChI=1S/C14H19NO4S/c1-11-4-6-13(7-5-11)20(18,19)10-12(16)9-15-8-2-3-14(15)17/h4-7,12,16H,2-3,8-10H2,1H3/t12-/m1/s1.